The van der Waals surface area contributed by atoms with Crippen molar-refractivity contribution >= 4 is 0 Å². The van der Waals surface area contributed by atoms with Crippen LogP contribution in [0.3, 0.4) is 0 Å². The Bertz CT molecular complexity index is 96.7. The zero-order valence-electron chi connectivity index (χ0n) is 6.97. The van der Waals surface area contributed by atoms with Crippen LogP contribution in [0.25, 0.3) is 0 Å². The average molecular weight is 157 g/mol. The van der Waals surface area contributed by atoms with Gasteiger partial charge < -0.3 is 2.85 Å². The van der Waals surface area contributed by atoms with Gasteiger partial charge in [0, 0.05) is 0 Å². The summed E-state index contributed by atoms with van der Waals surface area (Å²) in [7, 11) is 0. The number of rotatable bonds is 2. The summed E-state index contributed by atoms with van der Waals surface area (Å²) >= 11 is 0. The van der Waals surface area contributed by atoms with Crippen molar-refractivity contribution in [3.8, 4) is 0 Å². The molecule has 0 saturated heterocycles. The van der Waals surface area contributed by atoms with Crippen molar-refractivity contribution < 1.29 is 82.3 Å². The van der Waals surface area contributed by atoms with Gasteiger partial charge in [-0.25, -0.2) is 5.21 Å². The van der Waals surface area contributed by atoms with E-state index in [2.05, 4.69) is 4.94 Å². The van der Waals surface area contributed by atoms with Gasteiger partial charge in [0.25, 0.3) is 0 Å². The number of hydrogen-bond donors (Lipinski definition) is 1. The molecule has 0 rings (SSSR count). The van der Waals surface area contributed by atoms with Gasteiger partial charge in [0.1, 0.15) is 4.91 Å². The van der Waals surface area contributed by atoms with Gasteiger partial charge in [-0.05, 0) is 0 Å². The van der Waals surface area contributed by atoms with E-state index >= 15 is 0 Å². The molecule has 0 aliphatic rings. The molecule has 0 aromatic heterocycles. The third kappa shape index (κ3) is 17.7. The molecule has 0 saturated carbocycles. The predicted molar refractivity (Wildman–Crippen MR) is 15.7 cm³/mol. The fourth-order valence-electron chi connectivity index (χ4n) is 0.0570. The van der Waals surface area contributed by atoms with Crippen molar-refractivity contribution in [3.05, 3.63) is 15.0 Å². The fourth-order valence-corrected chi connectivity index (χ4v) is 0.0570. The van der Waals surface area contributed by atoms with Crippen LogP contribution in [0.5, 0.6) is 0 Å². The molecule has 0 atom stereocenters. The monoisotopic (exact) mass is 157 g/mol. The van der Waals surface area contributed by atoms with Gasteiger partial charge in [-0.1, -0.05) is 0 Å². The summed E-state index contributed by atoms with van der Waals surface area (Å²) in [5, 5.41) is 13.6. The van der Waals surface area contributed by atoms with Gasteiger partial charge in [0.05, 0.1) is 4.94 Å². The molecule has 0 aliphatic heterocycles. The number of hydrogen-bond acceptors (Lipinski definition) is 4. The molecule has 0 fully saturated rings. The molecular weight excluding hydrogens is 154 g/mol. The van der Waals surface area contributed by atoms with Crippen LogP contribution in [0.4, 0.5) is 0 Å². The van der Waals surface area contributed by atoms with Gasteiger partial charge in [0.2, 0.25) is 0 Å². The van der Waals surface area contributed by atoms with Gasteiger partial charge in [0.15, 0.2) is 0 Å². The zero-order valence-corrected chi connectivity index (χ0v) is 8.97. The summed E-state index contributed by atoms with van der Waals surface area (Å²) in [6.45, 7) is 0. The summed E-state index contributed by atoms with van der Waals surface area (Å²) in [4.78, 5) is 20.9. The maximum atomic E-state index is 9.06. The van der Waals surface area contributed by atoms with Crippen molar-refractivity contribution in [3.63, 3.8) is 0 Å². The van der Waals surface area contributed by atoms with E-state index in [-0.39, 0.29) is 62.0 Å². The molecule has 0 bridgehead atoms. The first-order valence-corrected chi connectivity index (χ1v) is 1.11. The van der Waals surface area contributed by atoms with E-state index in [9.17, 15) is 0 Å². The van der Waals surface area contributed by atoms with Crippen LogP contribution in [0.2, 0.25) is 0 Å². The van der Waals surface area contributed by atoms with Crippen LogP contribution in [0.15, 0.2) is 0 Å². The molecule has 0 heterocycles. The summed E-state index contributed by atoms with van der Waals surface area (Å²) in [6, 6.07) is 0. The van der Waals surface area contributed by atoms with Crippen LogP contribution < -0.4 is 59.1 Å². The SMILES string of the molecule is O=[N+]([O-])O[N+](=O)O.[H-].[H-].[Na+].[Na+]. The molecule has 9 heteroatoms. The van der Waals surface area contributed by atoms with Gasteiger partial charge in [-0.15, -0.1) is 10.1 Å². The predicted octanol–water partition coefficient (Wildman–Crippen LogP) is -6.49. The van der Waals surface area contributed by atoms with Crippen LogP contribution >= 0.6 is 0 Å². The summed E-state index contributed by atoms with van der Waals surface area (Å²) in [6.07, 6.45) is 0. The minimum absolute atomic E-state index is 0. The second kappa shape index (κ2) is 8.60. The Kier molecular flexibility index (Phi) is 15.6. The maximum absolute atomic E-state index is 9.06. The molecule has 7 nitrogen and oxygen atoms in total. The second-order valence-electron chi connectivity index (χ2n) is 0.543. The van der Waals surface area contributed by atoms with Crippen molar-refractivity contribution in [2.45, 2.75) is 0 Å². The van der Waals surface area contributed by atoms with Crippen molar-refractivity contribution in [2.75, 3.05) is 0 Å². The molecule has 9 heavy (non-hydrogen) atoms. The Balaban J connectivity index is -0.0000000300. The molecule has 0 aromatic carbocycles. The van der Waals surface area contributed by atoms with E-state index in [1.165, 1.54) is 0 Å². The van der Waals surface area contributed by atoms with Crippen LogP contribution in [0, 0.1) is 15.0 Å². The van der Waals surface area contributed by atoms with E-state index in [0.29, 0.717) is 0 Å². The molecular formula is H3N2Na2O5+. The van der Waals surface area contributed by atoms with Gasteiger partial charge >= 0.3 is 69.3 Å². The zero-order chi connectivity index (χ0) is 5.86. The molecule has 0 amide bonds. The number of nitrogens with zero attached hydrogens (tertiary/aromatic N) is 2. The van der Waals surface area contributed by atoms with Crippen LogP contribution in [-0.2, 0) is 4.94 Å². The van der Waals surface area contributed by atoms with Crippen LogP contribution in [0.1, 0.15) is 2.85 Å². The molecule has 0 unspecified atom stereocenters. The normalized spacial score (nSPS) is 5.78. The largest absolute Gasteiger partial charge is 1.00 e. The quantitative estimate of drug-likeness (QED) is 0.244. The summed E-state index contributed by atoms with van der Waals surface area (Å²) in [5.74, 6) is 0. The van der Waals surface area contributed by atoms with E-state index in [4.69, 9.17) is 20.2 Å². The minimum atomic E-state index is -1.44. The first-order valence-electron chi connectivity index (χ1n) is 1.11. The topological polar surface area (TPSA) is 92.7 Å². The molecule has 0 aromatic rings. The van der Waals surface area contributed by atoms with Gasteiger partial charge in [-0.2, -0.15) is 0 Å². The van der Waals surface area contributed by atoms with Crippen LogP contribution in [-0.4, -0.2) is 15.4 Å². The standard InChI is InChI=1S/HN2O5.2Na.2H/c3-1(4)7-2(5)6;;;;/h(H,3,4);;;;/q3*+1;2*-1. The summed E-state index contributed by atoms with van der Waals surface area (Å²) < 4.78 is 0. The van der Waals surface area contributed by atoms with Crippen molar-refractivity contribution in [2.24, 2.45) is 0 Å². The van der Waals surface area contributed by atoms with E-state index in [0.717, 1.165) is 0 Å². The third-order valence-corrected chi connectivity index (χ3v) is 0.137. The first kappa shape index (κ1) is 16.3. The Morgan fingerprint density at radius 2 is 1.78 bits per heavy atom. The molecule has 44 valence electrons. The van der Waals surface area contributed by atoms with E-state index in [1.807, 2.05) is 0 Å². The molecule has 1 N–H and O–H groups in total. The molecule has 0 aliphatic carbocycles. The fraction of sp³-hybridized carbons (Fsp3) is 0. The Morgan fingerprint density at radius 1 is 1.44 bits per heavy atom. The van der Waals surface area contributed by atoms with E-state index in [1.54, 1.807) is 0 Å². The third-order valence-electron chi connectivity index (χ3n) is 0.137. The summed E-state index contributed by atoms with van der Waals surface area (Å²) in [5.41, 5.74) is 0. The smallest absolute Gasteiger partial charge is 1.00 e. The molecule has 0 radical (unpaired) electrons. The second-order valence-corrected chi connectivity index (χ2v) is 0.543. The Morgan fingerprint density at radius 3 is 1.78 bits per heavy atom. The van der Waals surface area contributed by atoms with Crippen molar-refractivity contribution in [1.82, 2.24) is 0 Å². The average Bonchev–Trinajstić information content (AvgIpc) is 1.27. The maximum Gasteiger partial charge on any atom is 1.00 e. The molecule has 0 spiro atoms. The van der Waals surface area contributed by atoms with E-state index < -0.39 is 10.2 Å². The van der Waals surface area contributed by atoms with Crippen molar-refractivity contribution in [1.29, 1.82) is 0 Å². The minimum Gasteiger partial charge on any atom is -1.00 e. The first-order chi connectivity index (χ1) is 3.13. The van der Waals surface area contributed by atoms with Gasteiger partial charge in [-0.3, -0.25) is 0 Å². The Hall–Kier alpha value is 0.600. The Labute approximate surface area is 96.5 Å².